The maximum absolute atomic E-state index is 13.1. The zero-order valence-corrected chi connectivity index (χ0v) is 13.5. The van der Waals surface area contributed by atoms with E-state index in [1.54, 1.807) is 12.1 Å². The summed E-state index contributed by atoms with van der Waals surface area (Å²) in [4.78, 5) is 14.0. The molecule has 6 heteroatoms. The number of hydrogen-bond acceptors (Lipinski definition) is 3. The molecule has 0 saturated carbocycles. The first-order chi connectivity index (χ1) is 10.2. The number of ether oxygens (including phenoxy) is 1. The van der Waals surface area contributed by atoms with Gasteiger partial charge in [-0.3, -0.25) is 4.79 Å². The first-order valence-electron chi connectivity index (χ1n) is 7.53. The largest absolute Gasteiger partial charge is 0.378 e. The van der Waals surface area contributed by atoms with E-state index in [0.29, 0.717) is 26.2 Å². The molecular weight excluding hydrogens is 307 g/mol. The van der Waals surface area contributed by atoms with Crippen LogP contribution in [0.2, 0.25) is 0 Å². The van der Waals surface area contributed by atoms with Crippen LogP contribution in [0.15, 0.2) is 24.3 Å². The van der Waals surface area contributed by atoms with Crippen molar-refractivity contribution in [2.45, 2.75) is 31.8 Å². The molecule has 0 aromatic heterocycles. The van der Waals surface area contributed by atoms with Crippen molar-refractivity contribution in [2.24, 2.45) is 5.73 Å². The highest BCUT2D eigenvalue weighted by molar-refractivity contribution is 5.85. The van der Waals surface area contributed by atoms with Gasteiger partial charge in [0.25, 0.3) is 0 Å². The van der Waals surface area contributed by atoms with Crippen LogP contribution in [0.3, 0.4) is 0 Å². The van der Waals surface area contributed by atoms with Crippen molar-refractivity contribution in [3.05, 3.63) is 35.6 Å². The van der Waals surface area contributed by atoms with Gasteiger partial charge in [-0.05, 0) is 43.5 Å². The summed E-state index contributed by atoms with van der Waals surface area (Å²) in [7, 11) is 0. The summed E-state index contributed by atoms with van der Waals surface area (Å²) in [5.74, 6) is -0.242. The van der Waals surface area contributed by atoms with Gasteiger partial charge >= 0.3 is 0 Å². The molecule has 1 aliphatic heterocycles. The van der Waals surface area contributed by atoms with Crippen LogP contribution >= 0.6 is 12.4 Å². The van der Waals surface area contributed by atoms with Crippen LogP contribution < -0.4 is 5.73 Å². The molecule has 0 radical (unpaired) electrons. The summed E-state index contributed by atoms with van der Waals surface area (Å²) >= 11 is 0. The molecule has 124 valence electrons. The molecule has 1 aromatic carbocycles. The van der Waals surface area contributed by atoms with Gasteiger partial charge < -0.3 is 15.4 Å². The summed E-state index contributed by atoms with van der Waals surface area (Å²) in [6.45, 7) is 2.76. The molecule has 2 N–H and O–H groups in total. The van der Waals surface area contributed by atoms with Crippen molar-refractivity contribution in [3.63, 3.8) is 0 Å². The van der Waals surface area contributed by atoms with Crippen LogP contribution in [-0.4, -0.2) is 43.2 Å². The van der Waals surface area contributed by atoms with Crippen molar-refractivity contribution in [1.82, 2.24) is 4.90 Å². The zero-order chi connectivity index (χ0) is 15.1. The molecule has 0 atom stereocenters. The second kappa shape index (κ2) is 9.77. The Morgan fingerprint density at radius 3 is 2.73 bits per heavy atom. The third-order valence-corrected chi connectivity index (χ3v) is 3.74. The third kappa shape index (κ3) is 5.91. The minimum atomic E-state index is -0.299. The minimum Gasteiger partial charge on any atom is -0.378 e. The molecule has 1 heterocycles. The fraction of sp³-hybridized carbons (Fsp3) is 0.562. The SMILES string of the molecule is Cl.NCCCOC1CCN(C(=O)Cc2cccc(F)c2)CC1. The van der Waals surface area contributed by atoms with E-state index >= 15 is 0 Å². The Kier molecular flexibility index (Phi) is 8.38. The van der Waals surface area contributed by atoms with Crippen molar-refractivity contribution in [3.8, 4) is 0 Å². The van der Waals surface area contributed by atoms with Gasteiger partial charge in [0, 0.05) is 19.7 Å². The highest BCUT2D eigenvalue weighted by Crippen LogP contribution is 2.15. The lowest BCUT2D eigenvalue weighted by Crippen LogP contribution is -2.41. The quantitative estimate of drug-likeness (QED) is 0.813. The summed E-state index contributed by atoms with van der Waals surface area (Å²) < 4.78 is 18.8. The van der Waals surface area contributed by atoms with Gasteiger partial charge in [-0.15, -0.1) is 12.4 Å². The molecule has 22 heavy (non-hydrogen) atoms. The number of rotatable bonds is 6. The van der Waals surface area contributed by atoms with E-state index < -0.39 is 0 Å². The van der Waals surface area contributed by atoms with Gasteiger partial charge in [0.15, 0.2) is 0 Å². The maximum Gasteiger partial charge on any atom is 0.226 e. The number of hydrogen-bond donors (Lipinski definition) is 1. The molecule has 1 amide bonds. The summed E-state index contributed by atoms with van der Waals surface area (Å²) in [5, 5.41) is 0. The number of amides is 1. The maximum atomic E-state index is 13.1. The van der Waals surface area contributed by atoms with Gasteiger partial charge in [-0.25, -0.2) is 4.39 Å². The second-order valence-corrected chi connectivity index (χ2v) is 5.40. The predicted octanol–water partition coefficient (Wildman–Crippen LogP) is 2.15. The summed E-state index contributed by atoms with van der Waals surface area (Å²) in [6, 6.07) is 6.22. The number of nitrogens with zero attached hydrogens (tertiary/aromatic N) is 1. The van der Waals surface area contributed by atoms with Crippen LogP contribution in [0.4, 0.5) is 4.39 Å². The molecule has 1 aliphatic rings. The Hall–Kier alpha value is -1.17. The van der Waals surface area contributed by atoms with Gasteiger partial charge in [0.05, 0.1) is 12.5 Å². The molecule has 2 rings (SSSR count). The molecule has 0 aliphatic carbocycles. The molecular formula is C16H24ClFN2O2. The number of carbonyl (C=O) groups excluding carboxylic acids is 1. The van der Waals surface area contributed by atoms with E-state index in [1.807, 2.05) is 4.90 Å². The average molecular weight is 331 g/mol. The number of carbonyl (C=O) groups is 1. The number of piperidine rings is 1. The third-order valence-electron chi connectivity index (χ3n) is 3.74. The lowest BCUT2D eigenvalue weighted by molar-refractivity contribution is -0.133. The van der Waals surface area contributed by atoms with E-state index in [0.717, 1.165) is 24.8 Å². The van der Waals surface area contributed by atoms with Crippen LogP contribution in [0, 0.1) is 5.82 Å². The molecule has 1 aromatic rings. The molecule has 0 spiro atoms. The molecule has 0 bridgehead atoms. The van der Waals surface area contributed by atoms with E-state index in [1.165, 1.54) is 12.1 Å². The fourth-order valence-electron chi connectivity index (χ4n) is 2.54. The lowest BCUT2D eigenvalue weighted by Gasteiger charge is -2.32. The van der Waals surface area contributed by atoms with Gasteiger partial charge in [0.1, 0.15) is 5.82 Å². The van der Waals surface area contributed by atoms with E-state index in [-0.39, 0.29) is 36.7 Å². The second-order valence-electron chi connectivity index (χ2n) is 5.40. The van der Waals surface area contributed by atoms with Crippen molar-refractivity contribution in [2.75, 3.05) is 26.2 Å². The molecule has 1 saturated heterocycles. The smallest absolute Gasteiger partial charge is 0.226 e. The Labute approximate surface area is 137 Å². The highest BCUT2D eigenvalue weighted by atomic mass is 35.5. The normalized spacial score (nSPS) is 15.5. The molecule has 0 unspecified atom stereocenters. The van der Waals surface area contributed by atoms with Crippen LogP contribution in [0.25, 0.3) is 0 Å². The monoisotopic (exact) mass is 330 g/mol. The van der Waals surface area contributed by atoms with E-state index in [4.69, 9.17) is 10.5 Å². The molecule has 1 fully saturated rings. The van der Waals surface area contributed by atoms with Gasteiger partial charge in [-0.1, -0.05) is 12.1 Å². The number of halogens is 2. The van der Waals surface area contributed by atoms with Crippen molar-refractivity contribution >= 4 is 18.3 Å². The standard InChI is InChI=1S/C16H23FN2O2.ClH/c17-14-4-1-3-13(11-14)12-16(20)19-8-5-15(6-9-19)21-10-2-7-18;/h1,3-4,11,15H,2,5-10,12,18H2;1H. The van der Waals surface area contributed by atoms with Crippen molar-refractivity contribution < 1.29 is 13.9 Å². The first kappa shape index (κ1) is 18.9. The summed E-state index contributed by atoms with van der Waals surface area (Å²) in [6.07, 6.45) is 3.09. The Morgan fingerprint density at radius 1 is 1.36 bits per heavy atom. The Bertz CT molecular complexity index is 465. The van der Waals surface area contributed by atoms with Crippen LogP contribution in [0.5, 0.6) is 0 Å². The molecule has 4 nitrogen and oxygen atoms in total. The number of likely N-dealkylation sites (tertiary alicyclic amines) is 1. The lowest BCUT2D eigenvalue weighted by atomic mass is 10.1. The number of benzene rings is 1. The first-order valence-corrected chi connectivity index (χ1v) is 7.53. The van der Waals surface area contributed by atoms with Crippen LogP contribution in [-0.2, 0) is 16.0 Å². The Morgan fingerprint density at radius 2 is 2.09 bits per heavy atom. The fourth-order valence-corrected chi connectivity index (χ4v) is 2.54. The van der Waals surface area contributed by atoms with Gasteiger partial charge in [-0.2, -0.15) is 0 Å². The minimum absolute atomic E-state index is 0. The number of nitrogens with two attached hydrogens (primary N) is 1. The highest BCUT2D eigenvalue weighted by Gasteiger charge is 2.23. The average Bonchev–Trinajstić information content (AvgIpc) is 2.48. The van der Waals surface area contributed by atoms with Crippen LogP contribution in [0.1, 0.15) is 24.8 Å². The Balaban J connectivity index is 0.00000242. The van der Waals surface area contributed by atoms with E-state index in [2.05, 4.69) is 0 Å². The van der Waals surface area contributed by atoms with Crippen molar-refractivity contribution in [1.29, 1.82) is 0 Å². The topological polar surface area (TPSA) is 55.6 Å². The summed E-state index contributed by atoms with van der Waals surface area (Å²) in [5.41, 5.74) is 6.15. The van der Waals surface area contributed by atoms with E-state index in [9.17, 15) is 9.18 Å². The predicted molar refractivity (Wildman–Crippen MR) is 86.6 cm³/mol. The van der Waals surface area contributed by atoms with Gasteiger partial charge in [0.2, 0.25) is 5.91 Å². The zero-order valence-electron chi connectivity index (χ0n) is 12.7.